The lowest BCUT2D eigenvalue weighted by Crippen LogP contribution is -2.19. The molecule has 0 saturated heterocycles. The zero-order valence-electron chi connectivity index (χ0n) is 11.8. The molecule has 1 nitrogen and oxygen atoms in total. The van der Waals surface area contributed by atoms with Crippen LogP contribution in [-0.4, -0.2) is 7.05 Å². The third-order valence-corrected chi connectivity index (χ3v) is 4.76. The van der Waals surface area contributed by atoms with Crippen molar-refractivity contribution in [2.45, 2.75) is 31.7 Å². The van der Waals surface area contributed by atoms with Crippen LogP contribution in [-0.2, 0) is 19.3 Å². The van der Waals surface area contributed by atoms with Crippen LogP contribution < -0.4 is 5.32 Å². The van der Waals surface area contributed by atoms with Crippen molar-refractivity contribution in [2.24, 2.45) is 0 Å². The second kappa shape index (κ2) is 6.11. The van der Waals surface area contributed by atoms with E-state index in [1.54, 1.807) is 11.1 Å². The molecule has 0 aliphatic heterocycles. The van der Waals surface area contributed by atoms with Gasteiger partial charge in [-0.2, -0.15) is 0 Å². The Morgan fingerprint density at radius 1 is 1.05 bits per heavy atom. The maximum absolute atomic E-state index is 3.49. The minimum atomic E-state index is 0.391. The lowest BCUT2D eigenvalue weighted by atomic mass is 9.96. The molecule has 1 N–H and O–H groups in total. The van der Waals surface area contributed by atoms with Gasteiger partial charge in [-0.05, 0) is 67.1 Å². The van der Waals surface area contributed by atoms with Gasteiger partial charge >= 0.3 is 0 Å². The van der Waals surface area contributed by atoms with Gasteiger partial charge in [-0.15, -0.1) is 0 Å². The predicted octanol–water partition coefficient (Wildman–Crippen LogP) is 4.44. The lowest BCUT2D eigenvalue weighted by molar-refractivity contribution is 0.591. The molecular formula is C18H20BrN. The SMILES string of the molecule is CNC(Cc1ccc(Br)cc1)c1ccc2c(c1)CCC2. The van der Waals surface area contributed by atoms with Crippen molar-refractivity contribution in [2.75, 3.05) is 7.05 Å². The Morgan fingerprint density at radius 2 is 1.80 bits per heavy atom. The molecular weight excluding hydrogens is 310 g/mol. The fraction of sp³-hybridized carbons (Fsp3) is 0.333. The largest absolute Gasteiger partial charge is 0.313 e. The number of fused-ring (bicyclic) bond motifs is 1. The highest BCUT2D eigenvalue weighted by Crippen LogP contribution is 2.27. The van der Waals surface area contributed by atoms with Crippen molar-refractivity contribution in [1.82, 2.24) is 5.32 Å². The first-order valence-corrected chi connectivity index (χ1v) is 8.09. The number of benzene rings is 2. The van der Waals surface area contributed by atoms with E-state index in [0.29, 0.717) is 6.04 Å². The van der Waals surface area contributed by atoms with E-state index < -0.39 is 0 Å². The molecule has 2 aromatic rings. The predicted molar refractivity (Wildman–Crippen MR) is 88.1 cm³/mol. The van der Waals surface area contributed by atoms with E-state index in [4.69, 9.17) is 0 Å². The molecule has 0 amide bonds. The van der Waals surface area contributed by atoms with Gasteiger partial charge < -0.3 is 5.32 Å². The van der Waals surface area contributed by atoms with E-state index >= 15 is 0 Å². The van der Waals surface area contributed by atoms with Gasteiger partial charge in [0.2, 0.25) is 0 Å². The summed E-state index contributed by atoms with van der Waals surface area (Å²) in [4.78, 5) is 0. The second-order valence-electron chi connectivity index (χ2n) is 5.55. The maximum Gasteiger partial charge on any atom is 0.0358 e. The summed E-state index contributed by atoms with van der Waals surface area (Å²) in [6.45, 7) is 0. The molecule has 0 spiro atoms. The highest BCUT2D eigenvalue weighted by atomic mass is 79.9. The van der Waals surface area contributed by atoms with Crippen LogP contribution in [0.2, 0.25) is 0 Å². The van der Waals surface area contributed by atoms with Crippen molar-refractivity contribution in [1.29, 1.82) is 0 Å². The summed E-state index contributed by atoms with van der Waals surface area (Å²) in [5, 5.41) is 3.46. The summed E-state index contributed by atoms with van der Waals surface area (Å²) in [6, 6.07) is 16.0. The lowest BCUT2D eigenvalue weighted by Gasteiger charge is -2.18. The van der Waals surface area contributed by atoms with Gasteiger partial charge in [0.05, 0.1) is 0 Å². The van der Waals surface area contributed by atoms with E-state index in [1.807, 2.05) is 0 Å². The molecule has 0 fully saturated rings. The van der Waals surface area contributed by atoms with Crippen molar-refractivity contribution >= 4 is 15.9 Å². The molecule has 1 unspecified atom stereocenters. The normalized spacial score (nSPS) is 15.1. The van der Waals surface area contributed by atoms with Crippen LogP contribution in [0.25, 0.3) is 0 Å². The molecule has 1 aliphatic carbocycles. The zero-order chi connectivity index (χ0) is 13.9. The first kappa shape index (κ1) is 13.8. The van der Waals surface area contributed by atoms with Crippen LogP contribution in [0.4, 0.5) is 0 Å². The molecule has 3 rings (SSSR count). The summed E-state index contributed by atoms with van der Waals surface area (Å²) in [6.07, 6.45) is 4.85. The molecule has 1 atom stereocenters. The Kier molecular flexibility index (Phi) is 4.23. The minimum Gasteiger partial charge on any atom is -0.313 e. The molecule has 104 valence electrons. The van der Waals surface area contributed by atoms with Crippen LogP contribution in [0, 0.1) is 0 Å². The molecule has 20 heavy (non-hydrogen) atoms. The van der Waals surface area contributed by atoms with Crippen molar-refractivity contribution in [3.63, 3.8) is 0 Å². The fourth-order valence-corrected chi connectivity index (χ4v) is 3.32. The summed E-state index contributed by atoms with van der Waals surface area (Å²) >= 11 is 3.49. The van der Waals surface area contributed by atoms with E-state index in [1.165, 1.54) is 30.4 Å². The number of rotatable bonds is 4. The van der Waals surface area contributed by atoms with Crippen LogP contribution in [0.15, 0.2) is 46.9 Å². The van der Waals surface area contributed by atoms with Gasteiger partial charge in [-0.25, -0.2) is 0 Å². The van der Waals surface area contributed by atoms with Crippen LogP contribution in [0.3, 0.4) is 0 Å². The van der Waals surface area contributed by atoms with Gasteiger partial charge in [-0.3, -0.25) is 0 Å². The minimum absolute atomic E-state index is 0.391. The Hall–Kier alpha value is -1.12. The molecule has 1 aliphatic rings. The third kappa shape index (κ3) is 2.97. The zero-order valence-corrected chi connectivity index (χ0v) is 13.4. The highest BCUT2D eigenvalue weighted by molar-refractivity contribution is 9.10. The number of aryl methyl sites for hydroxylation is 2. The fourth-order valence-electron chi connectivity index (χ4n) is 3.05. The van der Waals surface area contributed by atoms with E-state index in [9.17, 15) is 0 Å². The number of likely N-dealkylation sites (N-methyl/N-ethyl adjacent to an activating group) is 1. The highest BCUT2D eigenvalue weighted by Gasteiger charge is 2.15. The number of halogens is 1. The van der Waals surface area contributed by atoms with E-state index in [2.05, 4.69) is 70.8 Å². The van der Waals surface area contributed by atoms with Crippen LogP contribution in [0.1, 0.15) is 34.7 Å². The van der Waals surface area contributed by atoms with E-state index in [-0.39, 0.29) is 0 Å². The molecule has 0 heterocycles. The maximum atomic E-state index is 3.49. The molecule has 0 aromatic heterocycles. The molecule has 0 radical (unpaired) electrons. The molecule has 0 bridgehead atoms. The van der Waals surface area contributed by atoms with Gasteiger partial charge in [0.1, 0.15) is 0 Å². The summed E-state index contributed by atoms with van der Waals surface area (Å²) in [5.74, 6) is 0. The first-order chi connectivity index (χ1) is 9.76. The smallest absolute Gasteiger partial charge is 0.0358 e. The van der Waals surface area contributed by atoms with Gasteiger partial charge in [0, 0.05) is 10.5 Å². The third-order valence-electron chi connectivity index (χ3n) is 4.23. The Bertz CT molecular complexity index is 589. The number of nitrogens with one attached hydrogen (secondary N) is 1. The number of hydrogen-bond acceptors (Lipinski definition) is 1. The van der Waals surface area contributed by atoms with Crippen LogP contribution >= 0.6 is 15.9 Å². The molecule has 0 saturated carbocycles. The Balaban J connectivity index is 1.81. The first-order valence-electron chi connectivity index (χ1n) is 7.29. The quantitative estimate of drug-likeness (QED) is 0.874. The monoisotopic (exact) mass is 329 g/mol. The summed E-state index contributed by atoms with van der Waals surface area (Å²) in [5.41, 5.74) is 5.88. The van der Waals surface area contributed by atoms with Crippen molar-refractivity contribution in [3.8, 4) is 0 Å². The number of hydrogen-bond donors (Lipinski definition) is 1. The van der Waals surface area contributed by atoms with Gasteiger partial charge in [-0.1, -0.05) is 46.3 Å². The van der Waals surface area contributed by atoms with Gasteiger partial charge in [0.25, 0.3) is 0 Å². The molecule has 2 aromatic carbocycles. The van der Waals surface area contributed by atoms with Crippen molar-refractivity contribution in [3.05, 3.63) is 69.2 Å². The molecule has 2 heteroatoms. The second-order valence-corrected chi connectivity index (χ2v) is 6.47. The average Bonchev–Trinajstić information content (AvgIpc) is 2.94. The van der Waals surface area contributed by atoms with E-state index in [0.717, 1.165) is 10.9 Å². The summed E-state index contributed by atoms with van der Waals surface area (Å²) in [7, 11) is 2.05. The van der Waals surface area contributed by atoms with Crippen molar-refractivity contribution < 1.29 is 0 Å². The summed E-state index contributed by atoms with van der Waals surface area (Å²) < 4.78 is 1.14. The Labute approximate surface area is 129 Å². The Morgan fingerprint density at radius 3 is 2.55 bits per heavy atom. The average molecular weight is 330 g/mol. The van der Waals surface area contributed by atoms with Gasteiger partial charge in [0.15, 0.2) is 0 Å². The van der Waals surface area contributed by atoms with Crippen LogP contribution in [0.5, 0.6) is 0 Å². The standard InChI is InChI=1S/C18H20BrN/c1-20-18(11-13-5-9-17(19)10-6-13)16-8-7-14-3-2-4-15(14)12-16/h5-10,12,18,20H,2-4,11H2,1H3. The topological polar surface area (TPSA) is 12.0 Å².